The maximum absolute atomic E-state index is 12.6. The van der Waals surface area contributed by atoms with Crippen molar-refractivity contribution in [3.05, 3.63) is 47.3 Å². The van der Waals surface area contributed by atoms with Crippen LogP contribution in [0.2, 0.25) is 0 Å². The molecule has 1 aliphatic heterocycles. The Bertz CT molecular complexity index is 1320. The summed E-state index contributed by atoms with van der Waals surface area (Å²) in [5.41, 5.74) is 0.766. The quantitative estimate of drug-likeness (QED) is 0.394. The first-order valence-corrected chi connectivity index (χ1v) is 13.6. The number of hydrogen-bond donors (Lipinski definition) is 3. The number of carboxylic acids is 1. The molecule has 1 saturated heterocycles. The standard InChI is InChI=1S/C23H27N5O5S2/c1-2-7-24-21(29)15-27-8-10-28(11-9-27)20-14-18(23(30)31)17-13-16(5-6-19(17)25-20)26-35(32,33)22-4-3-12-34-22/h3-6,12-14,26H,2,7-11,15H2,1H3,(H,24,29)(H,30,31). The molecule has 35 heavy (non-hydrogen) atoms. The van der Waals surface area contributed by atoms with Gasteiger partial charge in [0.05, 0.1) is 17.6 Å². The minimum Gasteiger partial charge on any atom is -0.478 e. The zero-order chi connectivity index (χ0) is 25.0. The Morgan fingerprint density at radius 1 is 1.14 bits per heavy atom. The molecule has 2 aromatic heterocycles. The molecule has 3 N–H and O–H groups in total. The first kappa shape index (κ1) is 24.9. The van der Waals surface area contributed by atoms with Crippen molar-refractivity contribution in [2.45, 2.75) is 17.6 Å². The Balaban J connectivity index is 1.52. The number of nitrogens with one attached hydrogen (secondary N) is 2. The molecule has 0 atom stereocenters. The number of nitrogens with zero attached hydrogens (tertiary/aromatic N) is 3. The SMILES string of the molecule is CCCNC(=O)CN1CCN(c2cc(C(=O)O)c3cc(NS(=O)(=O)c4cccs4)ccc3n2)CC1. The van der Waals surface area contributed by atoms with Crippen molar-refractivity contribution in [3.8, 4) is 0 Å². The van der Waals surface area contributed by atoms with Gasteiger partial charge in [-0.15, -0.1) is 11.3 Å². The second kappa shape index (κ2) is 10.6. The first-order valence-electron chi connectivity index (χ1n) is 11.3. The second-order valence-electron chi connectivity index (χ2n) is 8.22. The molecule has 186 valence electrons. The zero-order valence-corrected chi connectivity index (χ0v) is 20.9. The molecule has 3 aromatic rings. The molecule has 0 spiro atoms. The predicted molar refractivity (Wildman–Crippen MR) is 136 cm³/mol. The Morgan fingerprint density at radius 3 is 2.57 bits per heavy atom. The largest absolute Gasteiger partial charge is 0.478 e. The predicted octanol–water partition coefficient (Wildman–Crippen LogP) is 2.44. The van der Waals surface area contributed by atoms with Gasteiger partial charge in [0.1, 0.15) is 10.0 Å². The van der Waals surface area contributed by atoms with Gasteiger partial charge in [0.2, 0.25) is 5.91 Å². The number of sulfonamides is 1. The van der Waals surface area contributed by atoms with Gasteiger partial charge in [0.25, 0.3) is 10.0 Å². The van der Waals surface area contributed by atoms with Crippen LogP contribution in [-0.4, -0.2) is 74.6 Å². The average molecular weight is 518 g/mol. The van der Waals surface area contributed by atoms with Gasteiger partial charge in [0.15, 0.2) is 0 Å². The number of carboxylic acid groups (broad SMARTS) is 1. The molecule has 1 aliphatic rings. The van der Waals surface area contributed by atoms with Crippen molar-refractivity contribution in [1.82, 2.24) is 15.2 Å². The molecule has 0 aliphatic carbocycles. The number of benzene rings is 1. The number of aromatic nitrogens is 1. The van der Waals surface area contributed by atoms with Gasteiger partial charge >= 0.3 is 5.97 Å². The number of anilines is 2. The van der Waals surface area contributed by atoms with E-state index in [1.165, 1.54) is 18.2 Å². The number of thiophene rings is 1. The highest BCUT2D eigenvalue weighted by Crippen LogP contribution is 2.28. The lowest BCUT2D eigenvalue weighted by molar-refractivity contribution is -0.122. The molecule has 3 heterocycles. The third-order valence-corrected chi connectivity index (χ3v) is 8.45. The van der Waals surface area contributed by atoms with Gasteiger partial charge < -0.3 is 15.3 Å². The highest BCUT2D eigenvalue weighted by Gasteiger charge is 2.23. The Hall–Kier alpha value is -3.22. The summed E-state index contributed by atoms with van der Waals surface area (Å²) in [5.74, 6) is -0.581. The van der Waals surface area contributed by atoms with E-state index < -0.39 is 16.0 Å². The van der Waals surface area contributed by atoms with Crippen molar-refractivity contribution in [2.75, 3.05) is 48.9 Å². The maximum atomic E-state index is 12.6. The third kappa shape index (κ3) is 5.89. The monoisotopic (exact) mass is 517 g/mol. The number of amides is 1. The van der Waals surface area contributed by atoms with E-state index in [9.17, 15) is 23.1 Å². The maximum Gasteiger partial charge on any atom is 0.336 e. The topological polar surface area (TPSA) is 132 Å². The van der Waals surface area contributed by atoms with Gasteiger partial charge in [0, 0.05) is 43.8 Å². The molecular formula is C23H27N5O5S2. The summed E-state index contributed by atoms with van der Waals surface area (Å²) in [6, 6.07) is 9.35. The van der Waals surface area contributed by atoms with Crippen LogP contribution in [0.25, 0.3) is 10.9 Å². The van der Waals surface area contributed by atoms with Crippen molar-refractivity contribution in [2.24, 2.45) is 0 Å². The molecular weight excluding hydrogens is 490 g/mol. The van der Waals surface area contributed by atoms with E-state index in [2.05, 4.69) is 19.9 Å². The summed E-state index contributed by atoms with van der Waals surface area (Å²) in [7, 11) is -3.76. The Morgan fingerprint density at radius 2 is 1.91 bits per heavy atom. The van der Waals surface area contributed by atoms with E-state index in [0.29, 0.717) is 56.0 Å². The minimum atomic E-state index is -3.76. The highest BCUT2D eigenvalue weighted by atomic mass is 32.2. The Kier molecular flexibility index (Phi) is 7.53. The number of aromatic carboxylic acids is 1. The number of rotatable bonds is 9. The number of piperazine rings is 1. The fraction of sp³-hybridized carbons (Fsp3) is 0.348. The molecule has 0 saturated carbocycles. The van der Waals surface area contributed by atoms with Crippen molar-refractivity contribution in [3.63, 3.8) is 0 Å². The lowest BCUT2D eigenvalue weighted by atomic mass is 10.1. The normalized spacial score (nSPS) is 14.7. The number of carbonyl (C=O) groups excluding carboxylic acids is 1. The van der Waals surface area contributed by atoms with E-state index in [-0.39, 0.29) is 21.4 Å². The summed E-state index contributed by atoms with van der Waals surface area (Å²) in [4.78, 5) is 32.7. The fourth-order valence-electron chi connectivity index (χ4n) is 3.89. The smallest absolute Gasteiger partial charge is 0.336 e. The van der Waals surface area contributed by atoms with E-state index in [1.54, 1.807) is 23.6 Å². The van der Waals surface area contributed by atoms with Crippen molar-refractivity contribution in [1.29, 1.82) is 0 Å². The molecule has 0 unspecified atom stereocenters. The van der Waals surface area contributed by atoms with Crippen LogP contribution in [-0.2, 0) is 14.8 Å². The van der Waals surface area contributed by atoms with Crippen LogP contribution in [0.5, 0.6) is 0 Å². The van der Waals surface area contributed by atoms with E-state index in [4.69, 9.17) is 0 Å². The van der Waals surface area contributed by atoms with Crippen LogP contribution in [0, 0.1) is 0 Å². The first-order chi connectivity index (χ1) is 16.8. The summed E-state index contributed by atoms with van der Waals surface area (Å²) >= 11 is 1.10. The summed E-state index contributed by atoms with van der Waals surface area (Å²) < 4.78 is 27.8. The van der Waals surface area contributed by atoms with Crippen molar-refractivity contribution < 1.29 is 23.1 Å². The van der Waals surface area contributed by atoms with Crippen LogP contribution in [0.1, 0.15) is 23.7 Å². The number of carbonyl (C=O) groups is 2. The molecule has 1 fully saturated rings. The lowest BCUT2D eigenvalue weighted by Crippen LogP contribution is -2.49. The van der Waals surface area contributed by atoms with Gasteiger partial charge in [-0.25, -0.2) is 18.2 Å². The van der Waals surface area contributed by atoms with Crippen molar-refractivity contribution >= 4 is 55.6 Å². The number of fused-ring (bicyclic) bond motifs is 1. The van der Waals surface area contributed by atoms with E-state index in [0.717, 1.165) is 17.8 Å². The molecule has 10 nitrogen and oxygen atoms in total. The minimum absolute atomic E-state index is 0.00259. The summed E-state index contributed by atoms with van der Waals surface area (Å²) in [6.45, 7) is 5.54. The molecule has 0 radical (unpaired) electrons. The second-order valence-corrected chi connectivity index (χ2v) is 11.1. The molecule has 0 bridgehead atoms. The average Bonchev–Trinajstić information content (AvgIpc) is 3.38. The Labute approximate surface area is 207 Å². The summed E-state index contributed by atoms with van der Waals surface area (Å²) in [6.07, 6.45) is 0.890. The molecule has 4 rings (SSSR count). The molecule has 1 aromatic carbocycles. The van der Waals surface area contributed by atoms with Crippen LogP contribution < -0.4 is 14.9 Å². The van der Waals surface area contributed by atoms with Crippen LogP contribution in [0.4, 0.5) is 11.5 Å². The molecule has 1 amide bonds. The zero-order valence-electron chi connectivity index (χ0n) is 19.2. The van der Waals surface area contributed by atoms with Gasteiger partial charge in [-0.3, -0.25) is 14.4 Å². The van der Waals surface area contributed by atoms with E-state index in [1.807, 2.05) is 11.8 Å². The number of hydrogen-bond acceptors (Lipinski definition) is 8. The van der Waals surface area contributed by atoms with Gasteiger partial charge in [-0.05, 0) is 42.1 Å². The van der Waals surface area contributed by atoms with E-state index >= 15 is 0 Å². The highest BCUT2D eigenvalue weighted by molar-refractivity contribution is 7.94. The molecule has 12 heteroatoms. The van der Waals surface area contributed by atoms with Crippen LogP contribution >= 0.6 is 11.3 Å². The van der Waals surface area contributed by atoms with Crippen LogP contribution in [0.15, 0.2) is 46.0 Å². The lowest BCUT2D eigenvalue weighted by Gasteiger charge is -2.35. The van der Waals surface area contributed by atoms with Gasteiger partial charge in [-0.2, -0.15) is 0 Å². The summed E-state index contributed by atoms with van der Waals surface area (Å²) in [5, 5.41) is 14.7. The third-order valence-electron chi connectivity index (χ3n) is 5.67. The number of pyridine rings is 1. The van der Waals surface area contributed by atoms with Crippen LogP contribution in [0.3, 0.4) is 0 Å². The fourth-order valence-corrected chi connectivity index (χ4v) is 5.94. The van der Waals surface area contributed by atoms with Gasteiger partial charge in [-0.1, -0.05) is 13.0 Å².